The van der Waals surface area contributed by atoms with Crippen LogP contribution < -0.4 is 10.6 Å². The number of nitrogens with zero attached hydrogens (tertiary/aromatic N) is 5. The van der Waals surface area contributed by atoms with Crippen LogP contribution in [0.25, 0.3) is 0 Å². The minimum Gasteiger partial charge on any atom is -0.375 e. The highest BCUT2D eigenvalue weighted by atomic mass is 127. The first-order valence-corrected chi connectivity index (χ1v) is 10.9. The van der Waals surface area contributed by atoms with Crippen LogP contribution in [-0.2, 0) is 14.8 Å². The van der Waals surface area contributed by atoms with Crippen LogP contribution in [0.2, 0.25) is 0 Å². The van der Waals surface area contributed by atoms with Crippen LogP contribution in [0.5, 0.6) is 0 Å². The van der Waals surface area contributed by atoms with E-state index in [-0.39, 0.29) is 42.4 Å². The van der Waals surface area contributed by atoms with Gasteiger partial charge in [-0.1, -0.05) is 6.07 Å². The zero-order valence-corrected chi connectivity index (χ0v) is 19.3. The van der Waals surface area contributed by atoms with Gasteiger partial charge in [0.2, 0.25) is 10.0 Å². The molecular formula is C17H29IN6O3S. The number of pyridine rings is 1. The van der Waals surface area contributed by atoms with E-state index in [1.54, 1.807) is 6.20 Å². The molecule has 3 rings (SSSR count). The predicted molar refractivity (Wildman–Crippen MR) is 121 cm³/mol. The molecule has 1 atom stereocenters. The van der Waals surface area contributed by atoms with E-state index in [9.17, 15) is 8.42 Å². The van der Waals surface area contributed by atoms with Crippen molar-refractivity contribution >= 4 is 45.8 Å². The fourth-order valence-electron chi connectivity index (χ4n) is 3.27. The molecule has 0 aromatic carbocycles. The highest BCUT2D eigenvalue weighted by Gasteiger charge is 2.27. The van der Waals surface area contributed by atoms with Crippen LogP contribution in [0.15, 0.2) is 29.4 Å². The van der Waals surface area contributed by atoms with Crippen LogP contribution in [0.1, 0.15) is 6.92 Å². The summed E-state index contributed by atoms with van der Waals surface area (Å²) >= 11 is 0. The predicted octanol–water partition coefficient (Wildman–Crippen LogP) is 0.187. The lowest BCUT2D eigenvalue weighted by atomic mass is 10.3. The van der Waals surface area contributed by atoms with Gasteiger partial charge in [-0.3, -0.25) is 4.99 Å². The molecule has 2 aliphatic heterocycles. The molecule has 1 aromatic heterocycles. The minimum atomic E-state index is -3.35. The summed E-state index contributed by atoms with van der Waals surface area (Å²) in [7, 11) is -3.35. The number of morpholine rings is 1. The summed E-state index contributed by atoms with van der Waals surface area (Å²) in [5.41, 5.74) is 6.00. The highest BCUT2D eigenvalue weighted by molar-refractivity contribution is 14.0. The molecule has 11 heteroatoms. The summed E-state index contributed by atoms with van der Waals surface area (Å²) in [5, 5.41) is 0. The van der Waals surface area contributed by atoms with Gasteiger partial charge < -0.3 is 20.3 Å². The fourth-order valence-corrected chi connectivity index (χ4v) is 4.57. The molecule has 0 spiro atoms. The van der Waals surface area contributed by atoms with Crippen molar-refractivity contribution in [3.05, 3.63) is 24.4 Å². The fraction of sp³-hybridized carbons (Fsp3) is 0.647. The van der Waals surface area contributed by atoms with Gasteiger partial charge in [-0.2, -0.15) is 4.31 Å². The Kier molecular flexibility index (Phi) is 8.71. The van der Waals surface area contributed by atoms with Gasteiger partial charge in [0.15, 0.2) is 5.96 Å². The molecule has 3 heterocycles. The number of rotatable bonds is 5. The molecule has 1 aromatic rings. The van der Waals surface area contributed by atoms with Crippen LogP contribution in [0, 0.1) is 0 Å². The van der Waals surface area contributed by atoms with E-state index < -0.39 is 10.0 Å². The van der Waals surface area contributed by atoms with Gasteiger partial charge in [0, 0.05) is 45.5 Å². The number of halogens is 1. The van der Waals surface area contributed by atoms with Crippen molar-refractivity contribution in [2.45, 2.75) is 13.0 Å². The first-order valence-electron chi connectivity index (χ1n) is 9.26. The number of sulfonamides is 1. The number of nitrogens with two attached hydrogens (primary N) is 1. The summed E-state index contributed by atoms with van der Waals surface area (Å²) in [6.45, 7) is 6.30. The van der Waals surface area contributed by atoms with Crippen LogP contribution >= 0.6 is 24.0 Å². The molecule has 2 N–H and O–H groups in total. The van der Waals surface area contributed by atoms with Crippen LogP contribution in [-0.4, -0.2) is 92.8 Å². The number of hydrogen-bond donors (Lipinski definition) is 1. The first-order chi connectivity index (χ1) is 13.0. The lowest BCUT2D eigenvalue weighted by Crippen LogP contribution is -2.50. The minimum absolute atomic E-state index is 0. The Morgan fingerprint density at radius 3 is 2.68 bits per heavy atom. The second-order valence-corrected chi connectivity index (χ2v) is 8.85. The smallest absolute Gasteiger partial charge is 0.216 e. The van der Waals surface area contributed by atoms with Crippen molar-refractivity contribution in [1.29, 1.82) is 0 Å². The maximum atomic E-state index is 12.6. The summed E-state index contributed by atoms with van der Waals surface area (Å²) in [5.74, 6) is 1.24. The van der Waals surface area contributed by atoms with Gasteiger partial charge in [-0.15, -0.1) is 24.0 Å². The van der Waals surface area contributed by atoms with Gasteiger partial charge in [0.1, 0.15) is 5.82 Å². The van der Waals surface area contributed by atoms with Gasteiger partial charge in [-0.25, -0.2) is 13.4 Å². The number of piperazine rings is 1. The molecule has 0 bridgehead atoms. The van der Waals surface area contributed by atoms with Crippen molar-refractivity contribution in [2.24, 2.45) is 10.7 Å². The van der Waals surface area contributed by atoms with Crippen molar-refractivity contribution in [2.75, 3.05) is 63.1 Å². The normalized spacial score (nSPS) is 22.0. The molecule has 1 unspecified atom stereocenters. The lowest BCUT2D eigenvalue weighted by molar-refractivity contribution is 0.00531. The monoisotopic (exact) mass is 524 g/mol. The molecule has 2 saturated heterocycles. The maximum absolute atomic E-state index is 12.6. The molecular weight excluding hydrogens is 495 g/mol. The number of hydrogen-bond acceptors (Lipinski definition) is 6. The second kappa shape index (κ2) is 10.6. The summed E-state index contributed by atoms with van der Waals surface area (Å²) < 4.78 is 32.2. The Morgan fingerprint density at radius 2 is 2.04 bits per heavy atom. The number of aromatic nitrogens is 1. The van der Waals surface area contributed by atoms with Crippen LogP contribution in [0.4, 0.5) is 5.82 Å². The molecule has 9 nitrogen and oxygen atoms in total. The third-order valence-corrected chi connectivity index (χ3v) is 6.64. The molecule has 2 fully saturated rings. The SMILES string of the molecule is CC1CN(C(N)=NCCS(=O)(=O)N2CCN(c3ccccn3)CC2)CCO1.I. The van der Waals surface area contributed by atoms with E-state index in [1.165, 1.54) is 4.31 Å². The van der Waals surface area contributed by atoms with Crippen molar-refractivity contribution in [1.82, 2.24) is 14.2 Å². The number of ether oxygens (including phenoxy) is 1. The Labute approximate surface area is 184 Å². The number of anilines is 1. The molecule has 0 radical (unpaired) electrons. The average molecular weight is 524 g/mol. The van der Waals surface area contributed by atoms with Crippen molar-refractivity contribution < 1.29 is 13.2 Å². The van der Waals surface area contributed by atoms with E-state index in [0.717, 1.165) is 5.82 Å². The summed E-state index contributed by atoms with van der Waals surface area (Å²) in [4.78, 5) is 12.6. The lowest BCUT2D eigenvalue weighted by Gasteiger charge is -2.34. The Hall–Kier alpha value is -1.18. The number of aliphatic imine (C=N–C) groups is 1. The molecule has 158 valence electrons. The van der Waals surface area contributed by atoms with Gasteiger partial charge in [0.05, 0.1) is 25.0 Å². The van der Waals surface area contributed by atoms with Gasteiger partial charge in [-0.05, 0) is 19.1 Å². The van der Waals surface area contributed by atoms with Gasteiger partial charge >= 0.3 is 0 Å². The Balaban J connectivity index is 0.00000280. The first kappa shape index (κ1) is 23.1. The van der Waals surface area contributed by atoms with Crippen LogP contribution in [0.3, 0.4) is 0 Å². The zero-order chi connectivity index (χ0) is 19.3. The molecule has 0 saturated carbocycles. The van der Waals surface area contributed by atoms with Crippen molar-refractivity contribution in [3.8, 4) is 0 Å². The van der Waals surface area contributed by atoms with E-state index in [4.69, 9.17) is 10.5 Å². The standard InChI is InChI=1S/C17H28N6O3S.HI/c1-15-14-22(11-12-26-15)17(18)20-6-13-27(24,25)23-9-7-21(8-10-23)16-4-2-3-5-19-16;/h2-5,15H,6-14H2,1H3,(H2,18,20);1H. The maximum Gasteiger partial charge on any atom is 0.216 e. The molecule has 0 aliphatic carbocycles. The molecule has 2 aliphatic rings. The quantitative estimate of drug-likeness (QED) is 0.333. The highest BCUT2D eigenvalue weighted by Crippen LogP contribution is 2.14. The molecule has 0 amide bonds. The third kappa shape index (κ3) is 6.16. The average Bonchev–Trinajstić information content (AvgIpc) is 2.68. The Bertz CT molecular complexity index is 741. The van der Waals surface area contributed by atoms with E-state index in [2.05, 4.69) is 14.9 Å². The van der Waals surface area contributed by atoms with E-state index in [0.29, 0.717) is 51.8 Å². The largest absolute Gasteiger partial charge is 0.375 e. The van der Waals surface area contributed by atoms with Gasteiger partial charge in [0.25, 0.3) is 0 Å². The second-order valence-electron chi connectivity index (χ2n) is 6.76. The van der Waals surface area contributed by atoms with Crippen molar-refractivity contribution in [3.63, 3.8) is 0 Å². The molecule has 28 heavy (non-hydrogen) atoms. The summed E-state index contributed by atoms with van der Waals surface area (Å²) in [6, 6.07) is 5.74. The summed E-state index contributed by atoms with van der Waals surface area (Å²) in [6.07, 6.45) is 1.85. The van der Waals surface area contributed by atoms with E-state index in [1.807, 2.05) is 30.0 Å². The van der Waals surface area contributed by atoms with E-state index >= 15 is 0 Å². The zero-order valence-electron chi connectivity index (χ0n) is 16.1. The Morgan fingerprint density at radius 1 is 1.29 bits per heavy atom. The third-order valence-electron chi connectivity index (χ3n) is 4.79. The topological polar surface area (TPSA) is 104 Å². The number of guanidine groups is 1.